The van der Waals surface area contributed by atoms with Crippen LogP contribution in [0.1, 0.15) is 37.2 Å². The van der Waals surface area contributed by atoms with Gasteiger partial charge in [-0.15, -0.1) is 10.2 Å². The summed E-state index contributed by atoms with van der Waals surface area (Å²) in [4.78, 5) is 13.6. The molecule has 5 nitrogen and oxygen atoms in total. The van der Waals surface area contributed by atoms with E-state index in [-0.39, 0.29) is 5.91 Å². The van der Waals surface area contributed by atoms with Crippen molar-refractivity contribution in [3.8, 4) is 0 Å². The van der Waals surface area contributed by atoms with E-state index in [4.69, 9.17) is 0 Å². The highest BCUT2D eigenvalue weighted by molar-refractivity contribution is 5.92. The quantitative estimate of drug-likeness (QED) is 0.818. The predicted octanol–water partition coefficient (Wildman–Crippen LogP) is 1.78. The minimum atomic E-state index is -0.0750. The number of unbranched alkanes of at least 4 members (excludes halogenated alkanes) is 1. The van der Waals surface area contributed by atoms with E-state index in [1.807, 2.05) is 6.92 Å². The Morgan fingerprint density at radius 1 is 1.35 bits per heavy atom. The standard InChI is InChI=1S/C12H20N4O/c1-4-6-9-16(3)12(17)10-7-8-11(13-5-2)15-14-10/h7-8H,4-6,9H2,1-3H3,(H,13,15). The zero-order valence-electron chi connectivity index (χ0n) is 10.7. The lowest BCUT2D eigenvalue weighted by molar-refractivity contribution is 0.0786. The molecule has 0 aliphatic carbocycles. The molecule has 0 aliphatic heterocycles. The molecule has 0 saturated carbocycles. The highest BCUT2D eigenvalue weighted by Crippen LogP contribution is 2.04. The summed E-state index contributed by atoms with van der Waals surface area (Å²) in [6.45, 7) is 5.63. The van der Waals surface area contributed by atoms with Gasteiger partial charge in [-0.05, 0) is 25.5 Å². The predicted molar refractivity (Wildman–Crippen MR) is 68.1 cm³/mol. The fourth-order valence-electron chi connectivity index (χ4n) is 1.41. The van der Waals surface area contributed by atoms with Crippen molar-refractivity contribution in [3.63, 3.8) is 0 Å². The Bertz CT molecular complexity index is 350. The second-order valence-electron chi connectivity index (χ2n) is 3.91. The number of aromatic nitrogens is 2. The van der Waals surface area contributed by atoms with Crippen LogP contribution in [0.25, 0.3) is 0 Å². The normalized spacial score (nSPS) is 10.1. The lowest BCUT2D eigenvalue weighted by Crippen LogP contribution is -2.28. The van der Waals surface area contributed by atoms with Crippen molar-refractivity contribution < 1.29 is 4.79 Å². The van der Waals surface area contributed by atoms with Gasteiger partial charge in [-0.25, -0.2) is 0 Å². The number of rotatable bonds is 6. The average Bonchev–Trinajstić information content (AvgIpc) is 2.36. The van der Waals surface area contributed by atoms with E-state index in [9.17, 15) is 4.79 Å². The largest absolute Gasteiger partial charge is 0.369 e. The Morgan fingerprint density at radius 2 is 2.12 bits per heavy atom. The molecule has 17 heavy (non-hydrogen) atoms. The lowest BCUT2D eigenvalue weighted by atomic mass is 10.3. The number of hydrogen-bond donors (Lipinski definition) is 1. The monoisotopic (exact) mass is 236 g/mol. The SMILES string of the molecule is CCCCN(C)C(=O)c1ccc(NCC)nn1. The Labute approximate surface area is 102 Å². The fourth-order valence-corrected chi connectivity index (χ4v) is 1.41. The smallest absolute Gasteiger partial charge is 0.274 e. The molecule has 0 spiro atoms. The summed E-state index contributed by atoms with van der Waals surface area (Å²) in [5, 5.41) is 10.9. The van der Waals surface area contributed by atoms with Gasteiger partial charge in [0.2, 0.25) is 0 Å². The molecule has 0 unspecified atom stereocenters. The molecule has 0 aliphatic rings. The van der Waals surface area contributed by atoms with E-state index in [0.29, 0.717) is 11.5 Å². The first kappa shape index (κ1) is 13.4. The van der Waals surface area contributed by atoms with Crippen LogP contribution in [0, 0.1) is 0 Å². The van der Waals surface area contributed by atoms with Gasteiger partial charge in [0, 0.05) is 20.1 Å². The number of carbonyl (C=O) groups excluding carboxylic acids is 1. The average molecular weight is 236 g/mol. The Hall–Kier alpha value is -1.65. The summed E-state index contributed by atoms with van der Waals surface area (Å²) in [6.07, 6.45) is 2.08. The van der Waals surface area contributed by atoms with Crippen LogP contribution in [0.4, 0.5) is 5.82 Å². The molecule has 0 radical (unpaired) electrons. The maximum Gasteiger partial charge on any atom is 0.274 e. The zero-order chi connectivity index (χ0) is 12.7. The van der Waals surface area contributed by atoms with Gasteiger partial charge in [0.05, 0.1) is 0 Å². The number of nitrogens with one attached hydrogen (secondary N) is 1. The van der Waals surface area contributed by atoms with Crippen LogP contribution in [0.15, 0.2) is 12.1 Å². The van der Waals surface area contributed by atoms with Gasteiger partial charge < -0.3 is 10.2 Å². The van der Waals surface area contributed by atoms with Gasteiger partial charge >= 0.3 is 0 Å². The van der Waals surface area contributed by atoms with Crippen molar-refractivity contribution in [2.45, 2.75) is 26.7 Å². The molecule has 1 aromatic rings. The molecule has 1 N–H and O–H groups in total. The van der Waals surface area contributed by atoms with E-state index in [2.05, 4.69) is 22.4 Å². The van der Waals surface area contributed by atoms with Crippen molar-refractivity contribution in [1.82, 2.24) is 15.1 Å². The zero-order valence-corrected chi connectivity index (χ0v) is 10.7. The molecule has 94 valence electrons. The van der Waals surface area contributed by atoms with Crippen molar-refractivity contribution in [2.24, 2.45) is 0 Å². The van der Waals surface area contributed by atoms with Crippen molar-refractivity contribution in [2.75, 3.05) is 25.5 Å². The van der Waals surface area contributed by atoms with Crippen LogP contribution in [0.3, 0.4) is 0 Å². The Kier molecular flexibility index (Phi) is 5.39. The summed E-state index contributed by atoms with van der Waals surface area (Å²) in [5.74, 6) is 0.620. The molecule has 0 fully saturated rings. The summed E-state index contributed by atoms with van der Waals surface area (Å²) in [5.41, 5.74) is 0.394. The highest BCUT2D eigenvalue weighted by Gasteiger charge is 2.12. The number of amides is 1. The number of carbonyl (C=O) groups is 1. The second-order valence-corrected chi connectivity index (χ2v) is 3.91. The third kappa shape index (κ3) is 4.01. The molecular weight excluding hydrogens is 216 g/mol. The molecule has 1 heterocycles. The van der Waals surface area contributed by atoms with Crippen LogP contribution in [-0.4, -0.2) is 41.1 Å². The van der Waals surface area contributed by atoms with E-state index in [0.717, 1.165) is 25.9 Å². The highest BCUT2D eigenvalue weighted by atomic mass is 16.2. The van der Waals surface area contributed by atoms with E-state index < -0.39 is 0 Å². The molecule has 0 atom stereocenters. The van der Waals surface area contributed by atoms with E-state index in [1.165, 1.54) is 0 Å². The minimum Gasteiger partial charge on any atom is -0.369 e. The van der Waals surface area contributed by atoms with Gasteiger partial charge in [0.15, 0.2) is 5.69 Å². The van der Waals surface area contributed by atoms with Crippen molar-refractivity contribution in [1.29, 1.82) is 0 Å². The third-order valence-electron chi connectivity index (χ3n) is 2.44. The number of hydrogen-bond acceptors (Lipinski definition) is 4. The lowest BCUT2D eigenvalue weighted by Gasteiger charge is -2.15. The van der Waals surface area contributed by atoms with Crippen LogP contribution >= 0.6 is 0 Å². The summed E-state index contributed by atoms with van der Waals surface area (Å²) in [7, 11) is 1.79. The second kappa shape index (κ2) is 6.83. The van der Waals surface area contributed by atoms with Gasteiger partial charge in [0.1, 0.15) is 5.82 Å². The van der Waals surface area contributed by atoms with Crippen LogP contribution in [-0.2, 0) is 0 Å². The maximum atomic E-state index is 11.9. The molecule has 1 amide bonds. The number of nitrogens with zero attached hydrogens (tertiary/aromatic N) is 3. The van der Waals surface area contributed by atoms with Gasteiger partial charge in [-0.3, -0.25) is 4.79 Å². The van der Waals surface area contributed by atoms with E-state index >= 15 is 0 Å². The fraction of sp³-hybridized carbons (Fsp3) is 0.583. The van der Waals surface area contributed by atoms with Crippen molar-refractivity contribution in [3.05, 3.63) is 17.8 Å². The van der Waals surface area contributed by atoms with Crippen LogP contribution in [0.2, 0.25) is 0 Å². The topological polar surface area (TPSA) is 58.1 Å². The Balaban J connectivity index is 2.62. The third-order valence-corrected chi connectivity index (χ3v) is 2.44. The van der Waals surface area contributed by atoms with Crippen molar-refractivity contribution >= 4 is 11.7 Å². The molecule has 1 aromatic heterocycles. The summed E-state index contributed by atoms with van der Waals surface area (Å²) < 4.78 is 0. The molecule has 5 heteroatoms. The summed E-state index contributed by atoms with van der Waals surface area (Å²) >= 11 is 0. The first-order chi connectivity index (χ1) is 8.19. The summed E-state index contributed by atoms with van der Waals surface area (Å²) in [6, 6.07) is 3.48. The Morgan fingerprint density at radius 3 is 2.65 bits per heavy atom. The minimum absolute atomic E-state index is 0.0750. The van der Waals surface area contributed by atoms with Gasteiger partial charge in [-0.2, -0.15) is 0 Å². The maximum absolute atomic E-state index is 11.9. The van der Waals surface area contributed by atoms with Crippen LogP contribution in [0.5, 0.6) is 0 Å². The van der Waals surface area contributed by atoms with Crippen LogP contribution < -0.4 is 5.32 Å². The molecule has 0 aromatic carbocycles. The molecule has 0 bridgehead atoms. The van der Waals surface area contributed by atoms with Gasteiger partial charge in [0.25, 0.3) is 5.91 Å². The molecule has 0 saturated heterocycles. The molecule has 1 rings (SSSR count). The van der Waals surface area contributed by atoms with E-state index in [1.54, 1.807) is 24.1 Å². The first-order valence-electron chi connectivity index (χ1n) is 6.02. The first-order valence-corrected chi connectivity index (χ1v) is 6.02. The molecular formula is C12H20N4O. The van der Waals surface area contributed by atoms with Gasteiger partial charge in [-0.1, -0.05) is 13.3 Å². The number of anilines is 1.